The van der Waals surface area contributed by atoms with Crippen LogP contribution in [0.3, 0.4) is 0 Å². The minimum atomic E-state index is -1.50. The van der Waals surface area contributed by atoms with E-state index in [1.165, 1.54) is 12.1 Å². The lowest BCUT2D eigenvalue weighted by atomic mass is 10.3. The number of nitrogens with two attached hydrogens (primary N) is 1. The third kappa shape index (κ3) is 3.30. The van der Waals surface area contributed by atoms with Gasteiger partial charge in [-0.05, 0) is 6.07 Å². The first-order valence-electron chi connectivity index (χ1n) is 4.13. The second-order valence-corrected chi connectivity index (χ2v) is 2.82. The molecule has 4 N–H and O–H groups in total. The molecule has 90 valence electrons. The van der Waals surface area contributed by atoms with E-state index in [0.717, 1.165) is 0 Å². The van der Waals surface area contributed by atoms with E-state index in [9.17, 15) is 10.1 Å². The molecule has 0 saturated heterocycles. The number of non-ortho nitro benzene ring substituents is 1. The van der Waals surface area contributed by atoms with Crippen LogP contribution in [-0.2, 0) is 0 Å². The highest BCUT2D eigenvalue weighted by Crippen LogP contribution is 2.19. The molecular weight excluding hydrogens is 234 g/mol. The summed E-state index contributed by atoms with van der Waals surface area (Å²) in [5.41, 5.74) is 6.61. The van der Waals surface area contributed by atoms with Crippen LogP contribution in [-0.4, -0.2) is 25.2 Å². The number of nitrogens with one attached hydrogen (secondary N) is 1. The lowest BCUT2D eigenvalue weighted by Crippen LogP contribution is -1.86. The summed E-state index contributed by atoms with van der Waals surface area (Å²) in [4.78, 5) is 24.9. The number of nitro groups is 1. The van der Waals surface area contributed by atoms with E-state index in [4.69, 9.17) is 21.1 Å². The summed E-state index contributed by atoms with van der Waals surface area (Å²) >= 11 is 0. The van der Waals surface area contributed by atoms with Crippen LogP contribution in [0.25, 0.3) is 11.0 Å². The van der Waals surface area contributed by atoms with Crippen molar-refractivity contribution < 1.29 is 15.2 Å². The zero-order valence-electron chi connectivity index (χ0n) is 8.23. The van der Waals surface area contributed by atoms with Gasteiger partial charge in [0.25, 0.3) is 10.8 Å². The molecule has 0 atom stereocenters. The average molecular weight is 241 g/mol. The second-order valence-electron chi connectivity index (χ2n) is 2.82. The van der Waals surface area contributed by atoms with E-state index < -0.39 is 10.0 Å². The minimum absolute atomic E-state index is 0.0242. The van der Waals surface area contributed by atoms with Crippen molar-refractivity contribution in [3.63, 3.8) is 0 Å². The molecule has 0 spiro atoms. The molecule has 0 amide bonds. The zero-order chi connectivity index (χ0) is 13.0. The average Bonchev–Trinajstić information content (AvgIpc) is 2.55. The molecular formula is C7H7N5O5. The molecule has 0 unspecified atom stereocenters. The van der Waals surface area contributed by atoms with Gasteiger partial charge >= 0.3 is 0 Å². The monoisotopic (exact) mass is 241 g/mol. The number of fused-ring (bicyclic) bond motifs is 1. The van der Waals surface area contributed by atoms with E-state index >= 15 is 0 Å². The van der Waals surface area contributed by atoms with E-state index in [-0.39, 0.29) is 11.6 Å². The molecule has 0 fully saturated rings. The predicted octanol–water partition coefficient (Wildman–Crippen LogP) is 0.706. The molecule has 17 heavy (non-hydrogen) atoms. The van der Waals surface area contributed by atoms with E-state index in [1.54, 1.807) is 6.07 Å². The number of nitrogens with zero attached hydrogens (tertiary/aromatic N) is 3. The standard InChI is InChI=1S/C7H6N4O2.HNO3/c8-7-9-5-2-1-4(11(12)13)3-6(5)10-7;2-1(3)4/h1-3H,(H3,8,9,10);(H,2,3,4). The maximum atomic E-state index is 10.4. The van der Waals surface area contributed by atoms with Crippen molar-refractivity contribution >= 4 is 22.7 Å². The first-order valence-corrected chi connectivity index (χ1v) is 4.13. The Labute approximate surface area is 92.9 Å². The summed E-state index contributed by atoms with van der Waals surface area (Å²) in [6, 6.07) is 4.35. The number of hydrogen-bond donors (Lipinski definition) is 3. The maximum Gasteiger partial charge on any atom is 0.291 e. The van der Waals surface area contributed by atoms with Crippen LogP contribution in [0.15, 0.2) is 18.2 Å². The van der Waals surface area contributed by atoms with Crippen LogP contribution in [0.4, 0.5) is 11.6 Å². The summed E-state index contributed by atoms with van der Waals surface area (Å²) in [6.07, 6.45) is 0. The number of imidazole rings is 1. The minimum Gasteiger partial charge on any atom is -0.369 e. The molecule has 1 heterocycles. The molecule has 0 aliphatic rings. The molecule has 1 aromatic carbocycles. The van der Waals surface area contributed by atoms with Gasteiger partial charge in [0.15, 0.2) is 5.95 Å². The van der Waals surface area contributed by atoms with Crippen molar-refractivity contribution in [1.82, 2.24) is 9.97 Å². The fourth-order valence-corrected chi connectivity index (χ4v) is 1.13. The smallest absolute Gasteiger partial charge is 0.291 e. The van der Waals surface area contributed by atoms with Crippen LogP contribution in [0.2, 0.25) is 0 Å². The Hall–Kier alpha value is -2.91. The van der Waals surface area contributed by atoms with Crippen molar-refractivity contribution in [3.05, 3.63) is 38.4 Å². The van der Waals surface area contributed by atoms with Crippen LogP contribution in [0.5, 0.6) is 0 Å². The van der Waals surface area contributed by atoms with Gasteiger partial charge in [-0.15, -0.1) is 10.1 Å². The molecule has 0 bridgehead atoms. The Balaban J connectivity index is 0.000000317. The summed E-state index contributed by atoms with van der Waals surface area (Å²) in [6.45, 7) is 0. The quantitative estimate of drug-likeness (QED) is 0.488. The van der Waals surface area contributed by atoms with Crippen LogP contribution in [0.1, 0.15) is 0 Å². The molecule has 1 aromatic heterocycles. The van der Waals surface area contributed by atoms with E-state index in [1.807, 2.05) is 0 Å². The second kappa shape index (κ2) is 4.74. The molecule has 10 nitrogen and oxygen atoms in total. The Morgan fingerprint density at radius 3 is 2.47 bits per heavy atom. The molecule has 10 heteroatoms. The Morgan fingerprint density at radius 1 is 1.35 bits per heavy atom. The fraction of sp³-hybridized carbons (Fsp3) is 0. The van der Waals surface area contributed by atoms with E-state index in [0.29, 0.717) is 11.0 Å². The highest BCUT2D eigenvalue weighted by molar-refractivity contribution is 5.79. The number of H-pyrrole nitrogens is 1. The van der Waals surface area contributed by atoms with Gasteiger partial charge in [0.05, 0.1) is 16.0 Å². The number of aromatic amines is 1. The van der Waals surface area contributed by atoms with Gasteiger partial charge in [0, 0.05) is 12.1 Å². The van der Waals surface area contributed by atoms with Gasteiger partial charge in [-0.3, -0.25) is 10.1 Å². The van der Waals surface area contributed by atoms with Gasteiger partial charge in [0.2, 0.25) is 0 Å². The van der Waals surface area contributed by atoms with Crippen molar-refractivity contribution in [2.24, 2.45) is 0 Å². The molecule has 2 rings (SSSR count). The van der Waals surface area contributed by atoms with Crippen LogP contribution in [0, 0.1) is 20.2 Å². The van der Waals surface area contributed by atoms with Crippen molar-refractivity contribution in [2.75, 3.05) is 5.73 Å². The number of aromatic nitrogens is 2. The largest absolute Gasteiger partial charge is 0.369 e. The van der Waals surface area contributed by atoms with Crippen LogP contribution >= 0.6 is 0 Å². The number of anilines is 1. The first-order chi connectivity index (χ1) is 7.90. The zero-order valence-corrected chi connectivity index (χ0v) is 8.23. The number of nitro benzene ring substituents is 1. The van der Waals surface area contributed by atoms with Gasteiger partial charge in [-0.25, -0.2) is 4.98 Å². The molecule has 2 aromatic rings. The number of hydrogen-bond acceptors (Lipinski definition) is 6. The predicted molar refractivity (Wildman–Crippen MR) is 55.9 cm³/mol. The molecule has 0 saturated carbocycles. The SMILES string of the molecule is Nc1nc2ccc([N+](=O)[O-])cc2[nH]1.O=[N+]([O-])O. The number of benzene rings is 1. The fourth-order valence-electron chi connectivity index (χ4n) is 1.13. The van der Waals surface area contributed by atoms with Gasteiger partial charge in [-0.1, -0.05) is 0 Å². The van der Waals surface area contributed by atoms with Gasteiger partial charge in [-0.2, -0.15) is 0 Å². The van der Waals surface area contributed by atoms with Crippen LogP contribution < -0.4 is 5.73 Å². The summed E-state index contributed by atoms with van der Waals surface area (Å²) in [5.74, 6) is 0.260. The normalized spacial score (nSPS) is 9.41. The lowest BCUT2D eigenvalue weighted by molar-refractivity contribution is -0.742. The molecule has 0 aliphatic heterocycles. The lowest BCUT2D eigenvalue weighted by Gasteiger charge is -1.89. The number of nitrogen functional groups attached to an aromatic ring is 1. The number of rotatable bonds is 1. The summed E-state index contributed by atoms with van der Waals surface area (Å²) in [5, 5.41) is 24.0. The van der Waals surface area contributed by atoms with Gasteiger partial charge in [0.1, 0.15) is 0 Å². The van der Waals surface area contributed by atoms with Gasteiger partial charge < -0.3 is 15.9 Å². The Morgan fingerprint density at radius 2 is 1.94 bits per heavy atom. The third-order valence-corrected chi connectivity index (χ3v) is 1.69. The van der Waals surface area contributed by atoms with Crippen molar-refractivity contribution in [2.45, 2.75) is 0 Å². The third-order valence-electron chi connectivity index (χ3n) is 1.69. The Bertz CT molecular complexity index is 561. The van der Waals surface area contributed by atoms with Crippen molar-refractivity contribution in [3.8, 4) is 0 Å². The summed E-state index contributed by atoms with van der Waals surface area (Å²) in [7, 11) is 0. The Kier molecular flexibility index (Phi) is 3.39. The molecule has 0 radical (unpaired) electrons. The molecule has 0 aliphatic carbocycles. The van der Waals surface area contributed by atoms with E-state index in [2.05, 4.69) is 9.97 Å². The summed E-state index contributed by atoms with van der Waals surface area (Å²) < 4.78 is 0. The topological polar surface area (TPSA) is 161 Å². The first kappa shape index (κ1) is 12.2. The highest BCUT2D eigenvalue weighted by atomic mass is 16.9. The van der Waals surface area contributed by atoms with Crippen molar-refractivity contribution in [1.29, 1.82) is 0 Å². The highest BCUT2D eigenvalue weighted by Gasteiger charge is 2.07. The maximum absolute atomic E-state index is 10.4.